The largest absolute Gasteiger partial charge is 0.451 e. The number of carbonyl (C=O) groups is 2. The second-order valence-corrected chi connectivity index (χ2v) is 10.5. The van der Waals surface area contributed by atoms with Crippen molar-refractivity contribution in [1.82, 2.24) is 4.90 Å². The second-order valence-electron chi connectivity index (χ2n) is 7.24. The van der Waals surface area contributed by atoms with Gasteiger partial charge in [-0.1, -0.05) is 25.1 Å². The van der Waals surface area contributed by atoms with Crippen molar-refractivity contribution in [1.29, 1.82) is 0 Å². The molecule has 1 amide bonds. The minimum atomic E-state index is -3.11. The van der Waals surface area contributed by atoms with E-state index < -0.39 is 15.8 Å². The zero-order chi connectivity index (χ0) is 20.5. The fourth-order valence-corrected chi connectivity index (χ4v) is 6.45. The molecule has 0 saturated carbocycles. The number of ether oxygens (including phenoxy) is 1. The van der Waals surface area contributed by atoms with Gasteiger partial charge in [0, 0.05) is 16.8 Å². The number of hydrogen-bond acceptors (Lipinski definition) is 6. The first-order chi connectivity index (χ1) is 13.2. The van der Waals surface area contributed by atoms with E-state index in [0.29, 0.717) is 17.7 Å². The number of sulfone groups is 1. The highest BCUT2D eigenvalue weighted by Gasteiger charge is 2.36. The summed E-state index contributed by atoms with van der Waals surface area (Å²) in [7, 11) is -3.11. The van der Waals surface area contributed by atoms with Gasteiger partial charge in [-0.2, -0.15) is 0 Å². The maximum Gasteiger partial charge on any atom is 0.349 e. The topological polar surface area (TPSA) is 80.8 Å². The maximum atomic E-state index is 12.8. The van der Waals surface area contributed by atoms with Crippen molar-refractivity contribution in [3.63, 3.8) is 0 Å². The van der Waals surface area contributed by atoms with Gasteiger partial charge in [-0.15, -0.1) is 11.3 Å². The van der Waals surface area contributed by atoms with Gasteiger partial charge in [-0.05, 0) is 43.7 Å². The van der Waals surface area contributed by atoms with E-state index in [4.69, 9.17) is 4.74 Å². The molecule has 2 aromatic rings. The lowest BCUT2D eigenvalue weighted by atomic mass is 10.1. The van der Waals surface area contributed by atoms with Gasteiger partial charge < -0.3 is 9.64 Å². The average molecular weight is 424 g/mol. The molecule has 0 aliphatic carbocycles. The monoisotopic (exact) mass is 423 g/mol. The number of nitrogens with zero attached hydrogens (tertiary/aromatic N) is 1. The highest BCUT2D eigenvalue weighted by atomic mass is 32.2. The predicted octanol–water partition coefficient (Wildman–Crippen LogP) is 3.18. The van der Waals surface area contributed by atoms with E-state index in [1.54, 1.807) is 4.90 Å². The Morgan fingerprint density at radius 3 is 2.64 bits per heavy atom. The van der Waals surface area contributed by atoms with Gasteiger partial charge in [0.05, 0.1) is 11.5 Å². The van der Waals surface area contributed by atoms with Gasteiger partial charge >= 0.3 is 5.97 Å². The molecular formula is C20H25NO5S2. The summed E-state index contributed by atoms with van der Waals surface area (Å²) < 4.78 is 30.0. The quantitative estimate of drug-likeness (QED) is 0.667. The van der Waals surface area contributed by atoms with Crippen LogP contribution in [0.15, 0.2) is 24.3 Å². The molecule has 0 bridgehead atoms. The van der Waals surface area contributed by atoms with Crippen LogP contribution in [-0.4, -0.2) is 55.4 Å². The van der Waals surface area contributed by atoms with Crippen LogP contribution in [0.3, 0.4) is 0 Å². The summed E-state index contributed by atoms with van der Waals surface area (Å²) in [5, 5.41) is 1.00. The summed E-state index contributed by atoms with van der Waals surface area (Å²) in [6.07, 6.45) is 1.13. The molecule has 1 saturated heterocycles. The molecule has 1 aliphatic rings. The van der Waals surface area contributed by atoms with Crippen LogP contribution in [0.4, 0.5) is 0 Å². The number of benzene rings is 1. The Balaban J connectivity index is 1.71. The molecule has 8 heteroatoms. The van der Waals surface area contributed by atoms with Gasteiger partial charge in [0.2, 0.25) is 0 Å². The predicted molar refractivity (Wildman–Crippen MR) is 111 cm³/mol. The molecule has 1 aliphatic heterocycles. The zero-order valence-corrected chi connectivity index (χ0v) is 17.9. The second kappa shape index (κ2) is 8.21. The van der Waals surface area contributed by atoms with E-state index in [1.807, 2.05) is 45.0 Å². The molecule has 1 aromatic carbocycles. The summed E-state index contributed by atoms with van der Waals surface area (Å²) in [6, 6.07) is 7.26. The molecule has 3 rings (SSSR count). The van der Waals surface area contributed by atoms with E-state index >= 15 is 0 Å². The molecule has 28 heavy (non-hydrogen) atoms. The summed E-state index contributed by atoms with van der Waals surface area (Å²) in [6.45, 7) is 5.32. The van der Waals surface area contributed by atoms with Gasteiger partial charge in [0.15, 0.2) is 16.4 Å². The van der Waals surface area contributed by atoms with E-state index in [0.717, 1.165) is 15.6 Å². The first kappa shape index (κ1) is 20.8. The van der Waals surface area contributed by atoms with Crippen molar-refractivity contribution in [2.24, 2.45) is 0 Å². The third-order valence-electron chi connectivity index (χ3n) is 5.31. The van der Waals surface area contributed by atoms with E-state index in [-0.39, 0.29) is 36.1 Å². The van der Waals surface area contributed by atoms with Gasteiger partial charge in [-0.25, -0.2) is 13.2 Å². The Labute approximate surface area is 169 Å². The van der Waals surface area contributed by atoms with Crippen molar-refractivity contribution in [3.05, 3.63) is 34.7 Å². The van der Waals surface area contributed by atoms with Crippen molar-refractivity contribution >= 4 is 43.1 Å². The minimum Gasteiger partial charge on any atom is -0.451 e. The van der Waals surface area contributed by atoms with Gasteiger partial charge in [0.25, 0.3) is 5.91 Å². The molecule has 2 heterocycles. The number of fused-ring (bicyclic) bond motifs is 1. The van der Waals surface area contributed by atoms with Gasteiger partial charge in [0.1, 0.15) is 4.88 Å². The molecular weight excluding hydrogens is 398 g/mol. The summed E-state index contributed by atoms with van der Waals surface area (Å²) in [5.74, 6) is -0.788. The van der Waals surface area contributed by atoms with E-state index in [9.17, 15) is 18.0 Å². The molecule has 6 nitrogen and oxygen atoms in total. The van der Waals surface area contributed by atoms with E-state index in [1.165, 1.54) is 11.3 Å². The highest BCUT2D eigenvalue weighted by molar-refractivity contribution is 7.91. The summed E-state index contributed by atoms with van der Waals surface area (Å²) >= 11 is 1.35. The Kier molecular flexibility index (Phi) is 6.09. The van der Waals surface area contributed by atoms with Crippen LogP contribution in [-0.2, 0) is 19.4 Å². The van der Waals surface area contributed by atoms with E-state index in [2.05, 4.69) is 0 Å². The smallest absolute Gasteiger partial charge is 0.349 e. The fraction of sp³-hybridized carbons (Fsp3) is 0.500. The Morgan fingerprint density at radius 1 is 1.32 bits per heavy atom. The Hall–Kier alpha value is -1.93. The molecule has 152 valence electrons. The third-order valence-corrected chi connectivity index (χ3v) is 8.31. The number of amides is 1. The maximum absolute atomic E-state index is 12.8. The first-order valence-electron chi connectivity index (χ1n) is 9.40. The van der Waals surface area contributed by atoms with Crippen LogP contribution in [0.25, 0.3) is 10.1 Å². The molecule has 2 atom stereocenters. The van der Waals surface area contributed by atoms with Crippen LogP contribution >= 0.6 is 11.3 Å². The lowest BCUT2D eigenvalue weighted by Gasteiger charge is -2.33. The molecule has 0 N–H and O–H groups in total. The van der Waals surface area contributed by atoms with Crippen molar-refractivity contribution in [2.45, 2.75) is 45.7 Å². The summed E-state index contributed by atoms with van der Waals surface area (Å²) in [5.41, 5.74) is 0.846. The molecule has 1 fully saturated rings. The molecule has 0 radical (unpaired) electrons. The van der Waals surface area contributed by atoms with Crippen LogP contribution < -0.4 is 0 Å². The Morgan fingerprint density at radius 2 is 2.04 bits per heavy atom. The highest BCUT2D eigenvalue weighted by Crippen LogP contribution is 2.31. The minimum absolute atomic E-state index is 0.0214. The van der Waals surface area contributed by atoms with Crippen LogP contribution in [0.1, 0.15) is 41.9 Å². The fourth-order valence-electron chi connectivity index (χ4n) is 3.64. The van der Waals surface area contributed by atoms with Crippen LogP contribution in [0.5, 0.6) is 0 Å². The van der Waals surface area contributed by atoms with Crippen LogP contribution in [0.2, 0.25) is 0 Å². The number of carbonyl (C=O) groups excluding carboxylic acids is 2. The Bertz CT molecular complexity index is 995. The number of rotatable bonds is 6. The van der Waals surface area contributed by atoms with Crippen LogP contribution in [0, 0.1) is 6.92 Å². The lowest BCUT2D eigenvalue weighted by Crippen LogP contribution is -2.48. The SMILES string of the molecule is CC[C@H](C)N(C(=O)COC(=O)c1sc2ccccc2c1C)[C@H]1CCS(=O)(=O)C1. The third kappa shape index (κ3) is 4.22. The average Bonchev–Trinajstić information content (AvgIpc) is 3.19. The number of hydrogen-bond donors (Lipinski definition) is 0. The number of esters is 1. The standard InChI is InChI=1S/C20H25NO5S2/c1-4-13(2)21(15-9-10-28(24,25)12-15)18(22)11-26-20(23)19-14(3)16-7-5-6-8-17(16)27-19/h5-8,13,15H,4,9-12H2,1-3H3/t13-,15-/m0/s1. The number of thiophene rings is 1. The molecule has 0 spiro atoms. The normalized spacial score (nSPS) is 19.5. The van der Waals surface area contributed by atoms with Crippen molar-refractivity contribution in [2.75, 3.05) is 18.1 Å². The zero-order valence-electron chi connectivity index (χ0n) is 16.3. The first-order valence-corrected chi connectivity index (χ1v) is 12.0. The molecule has 0 unspecified atom stereocenters. The number of aryl methyl sites for hydroxylation is 1. The lowest BCUT2D eigenvalue weighted by molar-refractivity contribution is -0.138. The summed E-state index contributed by atoms with van der Waals surface area (Å²) in [4.78, 5) is 27.4. The van der Waals surface area contributed by atoms with Crippen molar-refractivity contribution in [3.8, 4) is 0 Å². The van der Waals surface area contributed by atoms with Crippen molar-refractivity contribution < 1.29 is 22.7 Å². The van der Waals surface area contributed by atoms with Gasteiger partial charge in [-0.3, -0.25) is 4.79 Å². The molecule has 1 aromatic heterocycles.